The van der Waals surface area contributed by atoms with Crippen LogP contribution in [0.15, 0.2) is 170 Å². The van der Waals surface area contributed by atoms with E-state index < -0.39 is 7.14 Å². The SMILES string of the molecule is O=P(c1ccccc1)(c1ccccc1)c1ccc(-c2ccc3ccc4c(-c5ccc6ccc7cccnc7c6n5)ccc5ccc2c3c54)cn1. The van der Waals surface area contributed by atoms with Crippen molar-refractivity contribution in [3.05, 3.63) is 170 Å². The predicted octanol–water partition coefficient (Wildman–Crippen LogP) is 10.0. The van der Waals surface area contributed by atoms with Crippen molar-refractivity contribution in [2.45, 2.75) is 0 Å². The third kappa shape index (κ3) is 4.32. The third-order valence-corrected chi connectivity index (χ3v) is 13.0. The molecule has 0 radical (unpaired) electrons. The zero-order valence-electron chi connectivity index (χ0n) is 26.9. The molecule has 0 aliphatic carbocycles. The van der Waals surface area contributed by atoms with Crippen molar-refractivity contribution in [3.8, 4) is 22.4 Å². The maximum absolute atomic E-state index is 14.9. The molecule has 0 amide bonds. The number of benzene rings is 7. The Hall–Kier alpha value is -6.22. The Morgan fingerprint density at radius 3 is 1.68 bits per heavy atom. The lowest BCUT2D eigenvalue weighted by atomic mass is 9.88. The van der Waals surface area contributed by atoms with Gasteiger partial charge in [-0.1, -0.05) is 140 Å². The lowest BCUT2D eigenvalue weighted by Crippen LogP contribution is -2.26. The summed E-state index contributed by atoms with van der Waals surface area (Å²) in [6, 6.07) is 53.6. The van der Waals surface area contributed by atoms with Crippen LogP contribution in [0.3, 0.4) is 0 Å². The van der Waals surface area contributed by atoms with Gasteiger partial charge in [0, 0.05) is 44.9 Å². The van der Waals surface area contributed by atoms with E-state index in [0.29, 0.717) is 5.44 Å². The highest BCUT2D eigenvalue weighted by Gasteiger charge is 2.31. The van der Waals surface area contributed by atoms with Crippen LogP contribution in [0, 0.1) is 0 Å². The Morgan fingerprint density at radius 1 is 0.440 bits per heavy atom. The maximum Gasteiger partial charge on any atom is 0.188 e. The van der Waals surface area contributed by atoms with E-state index in [4.69, 9.17) is 9.97 Å². The summed E-state index contributed by atoms with van der Waals surface area (Å²) in [6.07, 6.45) is 3.71. The molecule has 10 rings (SSSR count). The Labute approximate surface area is 288 Å². The molecule has 0 aliphatic rings. The fraction of sp³-hybridized carbons (Fsp3) is 0. The molecule has 0 aliphatic heterocycles. The van der Waals surface area contributed by atoms with E-state index in [2.05, 4.69) is 89.9 Å². The molecule has 3 heterocycles. The normalized spacial score (nSPS) is 12.1. The van der Waals surface area contributed by atoms with Gasteiger partial charge < -0.3 is 4.57 Å². The van der Waals surface area contributed by atoms with Crippen LogP contribution >= 0.6 is 7.14 Å². The summed E-state index contributed by atoms with van der Waals surface area (Å²) in [6.45, 7) is 0. The second kappa shape index (κ2) is 11.2. The van der Waals surface area contributed by atoms with Gasteiger partial charge in [-0.15, -0.1) is 0 Å². The number of aromatic nitrogens is 3. The lowest BCUT2D eigenvalue weighted by molar-refractivity contribution is 0.592. The molecular weight excluding hydrogens is 629 g/mol. The van der Waals surface area contributed by atoms with Crippen LogP contribution in [0.4, 0.5) is 0 Å². The first kappa shape index (κ1) is 28.8. The number of nitrogens with zero attached hydrogens (tertiary/aromatic N) is 3. The zero-order valence-corrected chi connectivity index (χ0v) is 27.8. The molecule has 50 heavy (non-hydrogen) atoms. The predicted molar refractivity (Wildman–Crippen MR) is 209 cm³/mol. The minimum atomic E-state index is -3.17. The summed E-state index contributed by atoms with van der Waals surface area (Å²) >= 11 is 0. The van der Waals surface area contributed by atoms with Gasteiger partial charge in [-0.25, -0.2) is 4.98 Å². The largest absolute Gasteiger partial charge is 0.307 e. The van der Waals surface area contributed by atoms with Crippen molar-refractivity contribution in [1.29, 1.82) is 0 Å². The molecule has 234 valence electrons. The first-order chi connectivity index (χ1) is 24.7. The minimum Gasteiger partial charge on any atom is -0.307 e. The van der Waals surface area contributed by atoms with Gasteiger partial charge in [0.15, 0.2) is 7.14 Å². The van der Waals surface area contributed by atoms with E-state index in [1.807, 2.05) is 85.2 Å². The first-order valence-corrected chi connectivity index (χ1v) is 18.4. The molecule has 0 N–H and O–H groups in total. The van der Waals surface area contributed by atoms with Gasteiger partial charge in [0.1, 0.15) is 5.44 Å². The van der Waals surface area contributed by atoms with E-state index in [-0.39, 0.29) is 0 Å². The smallest absolute Gasteiger partial charge is 0.188 e. The van der Waals surface area contributed by atoms with Crippen molar-refractivity contribution in [1.82, 2.24) is 15.0 Å². The highest BCUT2D eigenvalue weighted by atomic mass is 31.2. The average molecular weight is 658 g/mol. The fourth-order valence-electron chi connectivity index (χ4n) is 7.57. The maximum atomic E-state index is 14.9. The Balaban J connectivity index is 1.13. The van der Waals surface area contributed by atoms with E-state index in [9.17, 15) is 4.57 Å². The summed E-state index contributed by atoms with van der Waals surface area (Å²) in [4.78, 5) is 14.8. The van der Waals surface area contributed by atoms with Gasteiger partial charge in [0.25, 0.3) is 0 Å². The van der Waals surface area contributed by atoms with Crippen molar-refractivity contribution in [2.24, 2.45) is 0 Å². The summed E-state index contributed by atoms with van der Waals surface area (Å²) in [7, 11) is -3.17. The van der Waals surface area contributed by atoms with Gasteiger partial charge in [0.2, 0.25) is 0 Å². The molecular formula is C45H28N3OP. The van der Waals surface area contributed by atoms with Gasteiger partial charge in [-0.2, -0.15) is 0 Å². The number of hydrogen-bond acceptors (Lipinski definition) is 4. The first-order valence-electron chi connectivity index (χ1n) is 16.7. The van der Waals surface area contributed by atoms with Crippen LogP contribution in [0.25, 0.3) is 76.5 Å². The van der Waals surface area contributed by atoms with Crippen LogP contribution in [0.1, 0.15) is 0 Å². The van der Waals surface area contributed by atoms with Crippen molar-refractivity contribution in [3.63, 3.8) is 0 Å². The van der Waals surface area contributed by atoms with Crippen LogP contribution in [-0.4, -0.2) is 15.0 Å². The number of hydrogen-bond donors (Lipinski definition) is 0. The molecule has 5 heteroatoms. The molecule has 0 fully saturated rings. The summed E-state index contributed by atoms with van der Waals surface area (Å²) in [5.74, 6) is 0. The lowest BCUT2D eigenvalue weighted by Gasteiger charge is -2.19. The molecule has 0 spiro atoms. The van der Waals surface area contributed by atoms with Crippen molar-refractivity contribution in [2.75, 3.05) is 0 Å². The molecule has 0 unspecified atom stereocenters. The quantitative estimate of drug-likeness (QED) is 0.137. The van der Waals surface area contributed by atoms with Gasteiger partial charge in [-0.05, 0) is 56.1 Å². The highest BCUT2D eigenvalue weighted by Crippen LogP contribution is 2.44. The second-order valence-corrected chi connectivity index (χ2v) is 15.5. The molecule has 10 aromatic rings. The molecule has 0 atom stereocenters. The summed E-state index contributed by atoms with van der Waals surface area (Å²) in [5.41, 5.74) is 6.49. The summed E-state index contributed by atoms with van der Waals surface area (Å²) in [5, 5.41) is 10.8. The third-order valence-electron chi connectivity index (χ3n) is 9.99. The van der Waals surface area contributed by atoms with Gasteiger partial charge in [0.05, 0.1) is 16.7 Å². The van der Waals surface area contributed by atoms with E-state index in [1.54, 1.807) is 0 Å². The van der Waals surface area contributed by atoms with Gasteiger partial charge >= 0.3 is 0 Å². The fourth-order valence-corrected chi connectivity index (χ4v) is 10.1. The monoisotopic (exact) mass is 657 g/mol. The Bertz CT molecular complexity index is 2900. The van der Waals surface area contributed by atoms with E-state index in [1.165, 1.54) is 21.5 Å². The number of fused-ring (bicyclic) bond motifs is 3. The Morgan fingerprint density at radius 2 is 1.02 bits per heavy atom. The average Bonchev–Trinajstić information content (AvgIpc) is 3.20. The van der Waals surface area contributed by atoms with Crippen molar-refractivity contribution < 1.29 is 4.57 Å². The van der Waals surface area contributed by atoms with Crippen LogP contribution in [0.5, 0.6) is 0 Å². The molecule has 3 aromatic heterocycles. The molecule has 0 saturated carbocycles. The second-order valence-electron chi connectivity index (χ2n) is 12.7. The molecule has 7 aromatic carbocycles. The standard InChI is InChI=1S/C45H28N3OP/c49-50(34-9-3-1-4-10-34,35-11-5-2-6-12-35)41-26-20-33(28-47-41)36-21-15-29-18-24-39-37(22-16-30-17-23-38(36)42(29)43(30)39)40-25-19-32-14-13-31-8-7-27-46-44(31)45(32)48-40/h1-28H. The number of pyridine rings is 3. The van der Waals surface area contributed by atoms with Crippen LogP contribution in [-0.2, 0) is 4.57 Å². The van der Waals surface area contributed by atoms with Crippen LogP contribution < -0.4 is 16.0 Å². The zero-order chi connectivity index (χ0) is 33.2. The minimum absolute atomic E-state index is 0.576. The molecule has 0 bridgehead atoms. The number of rotatable bonds is 5. The summed E-state index contributed by atoms with van der Waals surface area (Å²) < 4.78 is 14.9. The van der Waals surface area contributed by atoms with E-state index in [0.717, 1.165) is 65.6 Å². The van der Waals surface area contributed by atoms with Crippen LogP contribution in [0.2, 0.25) is 0 Å². The van der Waals surface area contributed by atoms with Gasteiger partial charge in [-0.3, -0.25) is 9.97 Å². The highest BCUT2D eigenvalue weighted by molar-refractivity contribution is 7.85. The Kier molecular flexibility index (Phi) is 6.42. The van der Waals surface area contributed by atoms with Crippen molar-refractivity contribution >= 4 is 77.3 Å². The van der Waals surface area contributed by atoms with E-state index >= 15 is 0 Å². The molecule has 0 saturated heterocycles. The molecule has 4 nitrogen and oxygen atoms in total. The topological polar surface area (TPSA) is 55.7 Å².